The highest BCUT2D eigenvalue weighted by atomic mass is 79.9. The first-order chi connectivity index (χ1) is 15.4. The molecule has 1 amide bonds. The molecular formula is C23H23BrN2O5S. The minimum absolute atomic E-state index is 0.150. The van der Waals surface area contributed by atoms with E-state index in [1.54, 1.807) is 37.4 Å². The molecule has 2 aromatic carbocycles. The number of benzene rings is 2. The van der Waals surface area contributed by atoms with Gasteiger partial charge in [0.05, 0.1) is 41.0 Å². The maximum Gasteiger partial charge on any atom is 0.337 e. The van der Waals surface area contributed by atoms with Gasteiger partial charge in [-0.2, -0.15) is 0 Å². The summed E-state index contributed by atoms with van der Waals surface area (Å²) in [7, 11) is 3.01. The smallest absolute Gasteiger partial charge is 0.337 e. The van der Waals surface area contributed by atoms with Crippen molar-refractivity contribution in [1.29, 1.82) is 0 Å². The molecule has 0 unspecified atom stereocenters. The van der Waals surface area contributed by atoms with E-state index in [-0.39, 0.29) is 5.91 Å². The molecule has 0 aromatic heterocycles. The lowest BCUT2D eigenvalue weighted by atomic mass is 10.2. The SMILES string of the molecule is CCOc1cc(/C=C2/SC(=Nc3ccc(C(=O)OC)cc3)N(C)C2=O)cc(Br)c1OCC. The molecule has 0 bridgehead atoms. The van der Waals surface area contributed by atoms with Gasteiger partial charge >= 0.3 is 5.97 Å². The van der Waals surface area contributed by atoms with Crippen LogP contribution in [0.25, 0.3) is 6.08 Å². The minimum atomic E-state index is -0.412. The fourth-order valence-corrected chi connectivity index (χ4v) is 4.48. The molecule has 0 aliphatic carbocycles. The molecule has 168 valence electrons. The van der Waals surface area contributed by atoms with Gasteiger partial charge in [-0.3, -0.25) is 9.69 Å². The highest BCUT2D eigenvalue weighted by molar-refractivity contribution is 9.10. The van der Waals surface area contributed by atoms with E-state index < -0.39 is 5.97 Å². The topological polar surface area (TPSA) is 77.4 Å². The van der Waals surface area contributed by atoms with Crippen LogP contribution in [0.5, 0.6) is 11.5 Å². The standard InChI is InChI=1S/C23H23BrN2O5S/c1-5-30-18-12-14(11-17(24)20(18)31-6-2)13-19-21(27)26(3)23(32-19)25-16-9-7-15(8-10-16)22(28)29-4/h7-13H,5-6H2,1-4H3/b19-13+,25-23?. The molecule has 1 fully saturated rings. The molecule has 1 saturated heterocycles. The Morgan fingerprint density at radius 1 is 1.16 bits per heavy atom. The molecule has 32 heavy (non-hydrogen) atoms. The molecule has 1 heterocycles. The predicted octanol–water partition coefficient (Wildman–Crippen LogP) is 5.27. The van der Waals surface area contributed by atoms with Gasteiger partial charge < -0.3 is 14.2 Å². The Morgan fingerprint density at radius 3 is 2.47 bits per heavy atom. The molecule has 0 N–H and O–H groups in total. The molecule has 0 radical (unpaired) electrons. The van der Waals surface area contributed by atoms with Crippen molar-refractivity contribution < 1.29 is 23.8 Å². The number of hydrogen-bond acceptors (Lipinski definition) is 7. The number of esters is 1. The zero-order valence-corrected chi connectivity index (χ0v) is 20.6. The molecule has 0 spiro atoms. The highest BCUT2D eigenvalue weighted by Gasteiger charge is 2.30. The average molecular weight is 519 g/mol. The van der Waals surface area contributed by atoms with Crippen LogP contribution >= 0.6 is 27.7 Å². The minimum Gasteiger partial charge on any atom is -0.490 e. The second-order valence-electron chi connectivity index (χ2n) is 6.60. The first-order valence-corrected chi connectivity index (χ1v) is 11.5. The third kappa shape index (κ3) is 5.34. The van der Waals surface area contributed by atoms with Gasteiger partial charge in [0.25, 0.3) is 5.91 Å². The first-order valence-electron chi connectivity index (χ1n) is 9.91. The molecule has 7 nitrogen and oxygen atoms in total. The fraction of sp³-hybridized carbons (Fsp3) is 0.261. The molecular weight excluding hydrogens is 496 g/mol. The molecule has 3 rings (SSSR count). The van der Waals surface area contributed by atoms with Crippen LogP contribution in [0.15, 0.2) is 50.8 Å². The monoisotopic (exact) mass is 518 g/mol. The summed E-state index contributed by atoms with van der Waals surface area (Å²) in [5, 5.41) is 0.544. The van der Waals surface area contributed by atoms with Crippen molar-refractivity contribution in [3.8, 4) is 11.5 Å². The molecule has 1 aliphatic heterocycles. The molecule has 0 saturated carbocycles. The molecule has 0 atom stereocenters. The number of amides is 1. The summed E-state index contributed by atoms with van der Waals surface area (Å²) in [5.74, 6) is 0.684. The molecule has 9 heteroatoms. The number of carbonyl (C=O) groups excluding carboxylic acids is 2. The van der Waals surface area contributed by atoms with Crippen molar-refractivity contribution in [2.75, 3.05) is 27.4 Å². The van der Waals surface area contributed by atoms with Gasteiger partial charge in [0, 0.05) is 7.05 Å². The number of aliphatic imine (C=N–C) groups is 1. The van der Waals surface area contributed by atoms with Crippen LogP contribution in [0.1, 0.15) is 29.8 Å². The summed E-state index contributed by atoms with van der Waals surface area (Å²) < 4.78 is 16.8. The van der Waals surface area contributed by atoms with Gasteiger partial charge in [-0.15, -0.1) is 0 Å². The quantitative estimate of drug-likeness (QED) is 0.367. The normalized spacial score (nSPS) is 16.0. The van der Waals surface area contributed by atoms with Gasteiger partial charge in [0.2, 0.25) is 0 Å². The number of thioether (sulfide) groups is 1. The Labute approximate surface area is 199 Å². The summed E-state index contributed by atoms with van der Waals surface area (Å²) in [6.07, 6.45) is 1.80. The fourth-order valence-electron chi connectivity index (χ4n) is 2.92. The number of nitrogens with zero attached hydrogens (tertiary/aromatic N) is 2. The third-order valence-corrected chi connectivity index (χ3v) is 6.08. The van der Waals surface area contributed by atoms with Crippen molar-refractivity contribution in [3.05, 3.63) is 56.9 Å². The van der Waals surface area contributed by atoms with Crippen LogP contribution in [-0.2, 0) is 9.53 Å². The van der Waals surface area contributed by atoms with E-state index in [1.165, 1.54) is 23.8 Å². The van der Waals surface area contributed by atoms with E-state index in [1.807, 2.05) is 26.0 Å². The number of ether oxygens (including phenoxy) is 3. The lowest BCUT2D eigenvalue weighted by Crippen LogP contribution is -2.23. The van der Waals surface area contributed by atoms with Crippen LogP contribution in [0, 0.1) is 0 Å². The number of hydrogen-bond donors (Lipinski definition) is 0. The zero-order chi connectivity index (χ0) is 23.3. The van der Waals surface area contributed by atoms with E-state index in [2.05, 4.69) is 20.9 Å². The van der Waals surface area contributed by atoms with Crippen LogP contribution in [0.4, 0.5) is 5.69 Å². The molecule has 2 aromatic rings. The van der Waals surface area contributed by atoms with Crippen molar-refractivity contribution in [3.63, 3.8) is 0 Å². The predicted molar refractivity (Wildman–Crippen MR) is 130 cm³/mol. The summed E-state index contributed by atoms with van der Waals surface area (Å²) in [4.78, 5) is 31.0. The van der Waals surface area contributed by atoms with E-state index in [9.17, 15) is 9.59 Å². The Hall–Kier alpha value is -2.78. The second-order valence-corrected chi connectivity index (χ2v) is 8.47. The highest BCUT2D eigenvalue weighted by Crippen LogP contribution is 2.39. The van der Waals surface area contributed by atoms with Crippen LogP contribution in [0.2, 0.25) is 0 Å². The van der Waals surface area contributed by atoms with E-state index in [4.69, 9.17) is 14.2 Å². The molecule has 1 aliphatic rings. The second kappa shape index (κ2) is 10.7. The number of carbonyl (C=O) groups is 2. The van der Waals surface area contributed by atoms with Gasteiger partial charge in [0.15, 0.2) is 16.7 Å². The summed E-state index contributed by atoms with van der Waals surface area (Å²) in [5.41, 5.74) is 1.87. The maximum atomic E-state index is 12.8. The van der Waals surface area contributed by atoms with E-state index in [0.717, 1.165) is 10.0 Å². The van der Waals surface area contributed by atoms with Crippen LogP contribution < -0.4 is 9.47 Å². The number of rotatable bonds is 7. The Morgan fingerprint density at radius 2 is 1.84 bits per heavy atom. The van der Waals surface area contributed by atoms with Crippen molar-refractivity contribution in [2.45, 2.75) is 13.8 Å². The average Bonchev–Trinajstić information content (AvgIpc) is 3.04. The largest absolute Gasteiger partial charge is 0.490 e. The number of likely N-dealkylation sites (N-methyl/N-ethyl adjacent to an activating group) is 1. The number of halogens is 1. The zero-order valence-electron chi connectivity index (χ0n) is 18.2. The van der Waals surface area contributed by atoms with Crippen molar-refractivity contribution in [2.24, 2.45) is 4.99 Å². The Bertz CT molecular complexity index is 1080. The van der Waals surface area contributed by atoms with Crippen molar-refractivity contribution in [1.82, 2.24) is 4.90 Å². The van der Waals surface area contributed by atoms with Crippen LogP contribution in [0.3, 0.4) is 0 Å². The number of amidine groups is 1. The Balaban J connectivity index is 1.88. The lowest BCUT2D eigenvalue weighted by Gasteiger charge is -2.13. The van der Waals surface area contributed by atoms with Gasteiger partial charge in [-0.05, 0) is 89.6 Å². The van der Waals surface area contributed by atoms with E-state index in [0.29, 0.717) is 46.0 Å². The first kappa shape index (κ1) is 23.9. The van der Waals surface area contributed by atoms with Crippen LogP contribution in [-0.4, -0.2) is 49.3 Å². The summed E-state index contributed by atoms with van der Waals surface area (Å²) >= 11 is 4.81. The van der Waals surface area contributed by atoms with Gasteiger partial charge in [0.1, 0.15) is 0 Å². The summed E-state index contributed by atoms with van der Waals surface area (Å²) in [6, 6.07) is 10.4. The Kier molecular flexibility index (Phi) is 7.98. The summed E-state index contributed by atoms with van der Waals surface area (Å²) in [6.45, 7) is 4.82. The maximum absolute atomic E-state index is 12.8. The van der Waals surface area contributed by atoms with Gasteiger partial charge in [-0.25, -0.2) is 9.79 Å². The van der Waals surface area contributed by atoms with E-state index >= 15 is 0 Å². The van der Waals surface area contributed by atoms with Gasteiger partial charge in [-0.1, -0.05) is 0 Å². The number of methoxy groups -OCH3 is 1. The third-order valence-electron chi connectivity index (χ3n) is 4.43. The van der Waals surface area contributed by atoms with Crippen molar-refractivity contribution >= 4 is 56.5 Å². The lowest BCUT2D eigenvalue weighted by molar-refractivity contribution is -0.121.